The van der Waals surface area contributed by atoms with Crippen LogP contribution in [0.1, 0.15) is 28.7 Å². The number of sulfone groups is 1. The maximum Gasteiger partial charge on any atom is 0.301 e. The minimum atomic E-state index is -3.45. The van der Waals surface area contributed by atoms with Crippen molar-refractivity contribution < 1.29 is 32.3 Å². The van der Waals surface area contributed by atoms with Gasteiger partial charge in [-0.3, -0.25) is 14.5 Å². The van der Waals surface area contributed by atoms with E-state index in [1.165, 1.54) is 24.1 Å². The number of hydrogen-bond donors (Lipinski definition) is 1. The van der Waals surface area contributed by atoms with Crippen molar-refractivity contribution >= 4 is 54.0 Å². The number of furan rings is 1. The first kappa shape index (κ1) is 24.7. The summed E-state index contributed by atoms with van der Waals surface area (Å²) < 4.78 is 35.4. The number of aryl methyl sites for hydroxylation is 2. The lowest BCUT2D eigenvalue weighted by Gasteiger charge is -2.23. The first-order chi connectivity index (χ1) is 17.5. The van der Waals surface area contributed by atoms with Gasteiger partial charge in [-0.2, -0.15) is 0 Å². The van der Waals surface area contributed by atoms with Crippen molar-refractivity contribution in [3.8, 4) is 5.75 Å². The summed E-state index contributed by atoms with van der Waals surface area (Å²) in [7, 11) is -1.93. The number of fused-ring (bicyclic) bond motifs is 1. The van der Waals surface area contributed by atoms with Crippen LogP contribution in [0.4, 0.5) is 5.13 Å². The van der Waals surface area contributed by atoms with Crippen LogP contribution in [0.15, 0.2) is 63.4 Å². The Kier molecular flexibility index (Phi) is 5.92. The lowest BCUT2D eigenvalue weighted by Crippen LogP contribution is -2.29. The van der Waals surface area contributed by atoms with Crippen LogP contribution < -0.4 is 9.64 Å². The van der Waals surface area contributed by atoms with E-state index in [1.807, 2.05) is 0 Å². The first-order valence-corrected chi connectivity index (χ1v) is 13.8. The molecule has 1 aliphatic heterocycles. The molecule has 2 aromatic carbocycles. The number of Topliss-reactive ketones (excluding diaryl/α,β-unsaturated/α-hetero) is 1. The maximum atomic E-state index is 13.4. The topological polar surface area (TPSA) is 127 Å². The van der Waals surface area contributed by atoms with Gasteiger partial charge in [0.1, 0.15) is 23.0 Å². The number of ether oxygens (including phenoxy) is 1. The van der Waals surface area contributed by atoms with Crippen LogP contribution in [0.5, 0.6) is 5.75 Å². The highest BCUT2D eigenvalue weighted by Crippen LogP contribution is 2.45. The highest BCUT2D eigenvalue weighted by Gasteiger charge is 2.48. The number of thiazole rings is 1. The molecule has 1 unspecified atom stereocenters. The average Bonchev–Trinajstić information content (AvgIpc) is 3.50. The number of methoxy groups -OCH3 is 1. The van der Waals surface area contributed by atoms with Gasteiger partial charge < -0.3 is 14.3 Å². The summed E-state index contributed by atoms with van der Waals surface area (Å²) in [6, 6.07) is 11.9. The van der Waals surface area contributed by atoms with Crippen LogP contribution >= 0.6 is 11.3 Å². The minimum absolute atomic E-state index is 0.102. The van der Waals surface area contributed by atoms with E-state index in [9.17, 15) is 23.1 Å². The van der Waals surface area contributed by atoms with Crippen molar-refractivity contribution in [3.05, 3.63) is 76.8 Å². The molecule has 5 rings (SSSR count). The van der Waals surface area contributed by atoms with Gasteiger partial charge in [-0.1, -0.05) is 23.5 Å². The van der Waals surface area contributed by atoms with Crippen molar-refractivity contribution in [3.63, 3.8) is 0 Å². The fourth-order valence-electron chi connectivity index (χ4n) is 4.37. The van der Waals surface area contributed by atoms with Crippen molar-refractivity contribution in [2.24, 2.45) is 0 Å². The minimum Gasteiger partial charge on any atom is -0.507 e. The molecule has 0 saturated carbocycles. The van der Waals surface area contributed by atoms with E-state index in [0.717, 1.165) is 17.6 Å². The molecule has 1 N–H and O–H groups in total. The molecule has 0 radical (unpaired) electrons. The highest BCUT2D eigenvalue weighted by atomic mass is 32.2. The number of carbonyl (C=O) groups excluding carboxylic acids is 2. The molecule has 0 aliphatic carbocycles. The molecule has 3 heterocycles. The summed E-state index contributed by atoms with van der Waals surface area (Å²) in [4.78, 5) is 32.7. The molecule has 1 aliphatic rings. The van der Waals surface area contributed by atoms with Crippen molar-refractivity contribution in [1.29, 1.82) is 0 Å². The van der Waals surface area contributed by atoms with Crippen LogP contribution in [0.2, 0.25) is 0 Å². The fourth-order valence-corrected chi connectivity index (χ4v) is 6.12. The SMILES string of the molecule is COc1ccc(C2/C(=C(\O)c3cc(C)oc3C)C(=O)C(=O)N2c2nc3ccc(S(C)(=O)=O)cc3s2)cc1. The molecule has 11 heteroatoms. The van der Waals surface area contributed by atoms with E-state index in [-0.39, 0.29) is 21.4 Å². The van der Waals surface area contributed by atoms with E-state index >= 15 is 0 Å². The lowest BCUT2D eigenvalue weighted by molar-refractivity contribution is -0.132. The summed E-state index contributed by atoms with van der Waals surface area (Å²) in [6.45, 7) is 3.38. The molecule has 0 spiro atoms. The van der Waals surface area contributed by atoms with E-state index < -0.39 is 27.6 Å². The molecule has 37 heavy (non-hydrogen) atoms. The average molecular weight is 539 g/mol. The number of rotatable bonds is 5. The van der Waals surface area contributed by atoms with Gasteiger partial charge in [0.25, 0.3) is 5.78 Å². The van der Waals surface area contributed by atoms with Crippen molar-refractivity contribution in [1.82, 2.24) is 4.98 Å². The predicted molar refractivity (Wildman–Crippen MR) is 139 cm³/mol. The number of hydrogen-bond acceptors (Lipinski definition) is 9. The Bertz CT molecular complexity index is 1710. The third kappa shape index (κ3) is 4.19. The standard InChI is InChI=1S/C26H22N2O7S2/c1-13-11-18(14(2)35-13)23(29)21-22(15-5-7-16(34-3)8-6-15)28(25(31)24(21)30)26-27-19-10-9-17(37(4,32)33)12-20(19)36-26/h5-12,22,29H,1-4H3/b23-21+. The summed E-state index contributed by atoms with van der Waals surface area (Å²) in [5, 5.41) is 11.5. The summed E-state index contributed by atoms with van der Waals surface area (Å²) >= 11 is 1.08. The van der Waals surface area contributed by atoms with E-state index in [1.54, 1.807) is 50.2 Å². The molecular formula is C26H22N2O7S2. The highest BCUT2D eigenvalue weighted by molar-refractivity contribution is 7.90. The van der Waals surface area contributed by atoms with E-state index in [4.69, 9.17) is 9.15 Å². The molecule has 9 nitrogen and oxygen atoms in total. The van der Waals surface area contributed by atoms with Crippen LogP contribution in [-0.4, -0.2) is 43.6 Å². The van der Waals surface area contributed by atoms with Crippen LogP contribution in [-0.2, 0) is 19.4 Å². The lowest BCUT2D eigenvalue weighted by atomic mass is 9.95. The van der Waals surface area contributed by atoms with Crippen molar-refractivity contribution in [2.75, 3.05) is 18.3 Å². The third-order valence-electron chi connectivity index (χ3n) is 6.15. The molecule has 190 valence electrons. The van der Waals surface area contributed by atoms with Gasteiger partial charge >= 0.3 is 5.91 Å². The Labute approximate surface area is 216 Å². The van der Waals surface area contributed by atoms with Gasteiger partial charge in [0.05, 0.1) is 39.4 Å². The second-order valence-electron chi connectivity index (χ2n) is 8.67. The summed E-state index contributed by atoms with van der Waals surface area (Å²) in [5.74, 6) is -0.549. The first-order valence-electron chi connectivity index (χ1n) is 11.1. The second-order valence-corrected chi connectivity index (χ2v) is 11.7. The number of benzene rings is 2. The normalized spacial score (nSPS) is 17.6. The van der Waals surface area contributed by atoms with Gasteiger partial charge in [0.15, 0.2) is 15.0 Å². The number of ketones is 1. The number of amides is 1. The number of anilines is 1. The Morgan fingerprint density at radius 3 is 2.41 bits per heavy atom. The number of aliphatic hydroxyl groups excluding tert-OH is 1. The summed E-state index contributed by atoms with van der Waals surface area (Å²) in [6.07, 6.45) is 1.11. The van der Waals surface area contributed by atoms with Crippen LogP contribution in [0.3, 0.4) is 0 Å². The molecule has 1 atom stereocenters. The van der Waals surface area contributed by atoms with Gasteiger partial charge in [-0.25, -0.2) is 13.4 Å². The second kappa shape index (κ2) is 8.86. The Balaban J connectivity index is 1.72. The Morgan fingerprint density at radius 1 is 1.11 bits per heavy atom. The zero-order chi connectivity index (χ0) is 26.6. The van der Waals surface area contributed by atoms with Gasteiger partial charge in [-0.15, -0.1) is 0 Å². The number of carbonyl (C=O) groups is 2. The molecule has 1 saturated heterocycles. The maximum absolute atomic E-state index is 13.4. The van der Waals surface area contributed by atoms with Gasteiger partial charge in [0, 0.05) is 6.26 Å². The zero-order valence-corrected chi connectivity index (χ0v) is 21.9. The largest absolute Gasteiger partial charge is 0.507 e. The van der Waals surface area contributed by atoms with E-state index in [0.29, 0.717) is 38.6 Å². The smallest absolute Gasteiger partial charge is 0.301 e. The van der Waals surface area contributed by atoms with Crippen LogP contribution in [0.25, 0.3) is 16.0 Å². The Hall–Kier alpha value is -3.96. The third-order valence-corrected chi connectivity index (χ3v) is 8.28. The van der Waals surface area contributed by atoms with Gasteiger partial charge in [0.2, 0.25) is 0 Å². The number of aliphatic hydroxyl groups is 1. The summed E-state index contributed by atoms with van der Waals surface area (Å²) in [5.41, 5.74) is 1.24. The molecule has 2 aromatic heterocycles. The quantitative estimate of drug-likeness (QED) is 0.223. The molecule has 4 aromatic rings. The monoisotopic (exact) mass is 538 g/mol. The fraction of sp³-hybridized carbons (Fsp3) is 0.192. The number of nitrogens with zero attached hydrogens (tertiary/aromatic N) is 2. The van der Waals surface area contributed by atoms with Gasteiger partial charge in [-0.05, 0) is 55.8 Å². The number of aromatic nitrogens is 1. The predicted octanol–water partition coefficient (Wildman–Crippen LogP) is 4.54. The van der Waals surface area contributed by atoms with Crippen LogP contribution in [0, 0.1) is 13.8 Å². The van der Waals surface area contributed by atoms with E-state index in [2.05, 4.69) is 4.98 Å². The molecule has 1 fully saturated rings. The molecule has 1 amide bonds. The molecular weight excluding hydrogens is 516 g/mol. The zero-order valence-electron chi connectivity index (χ0n) is 20.3. The molecule has 0 bridgehead atoms. The Morgan fingerprint density at radius 2 is 1.81 bits per heavy atom. The van der Waals surface area contributed by atoms with Crippen molar-refractivity contribution in [2.45, 2.75) is 24.8 Å².